The molecule has 0 saturated carbocycles. The molecule has 2 aromatic carbocycles. The number of aliphatic hydroxyl groups excluding tert-OH is 1. The Balaban J connectivity index is 1.53. The molecule has 0 unspecified atom stereocenters. The Kier molecular flexibility index (Phi) is 6.76. The zero-order chi connectivity index (χ0) is 21.0. The number of carbonyl (C=O) groups excluding carboxylic acids is 1. The Morgan fingerprint density at radius 3 is 2.63 bits per heavy atom. The summed E-state index contributed by atoms with van der Waals surface area (Å²) in [5, 5.41) is 14.5. The summed E-state index contributed by atoms with van der Waals surface area (Å²) < 4.78 is 13.5. The lowest BCUT2D eigenvalue weighted by Gasteiger charge is -2.49. The molecular formula is C24H29FN2O2S. The van der Waals surface area contributed by atoms with Crippen LogP contribution in [0.5, 0.6) is 0 Å². The fourth-order valence-corrected chi connectivity index (χ4v) is 5.83. The zero-order valence-corrected chi connectivity index (χ0v) is 17.9. The van der Waals surface area contributed by atoms with E-state index in [-0.39, 0.29) is 18.1 Å². The summed E-state index contributed by atoms with van der Waals surface area (Å²) in [5.74, 6) is 1.79. The largest absolute Gasteiger partial charge is 0.389 e. The number of hydrogen-bond acceptors (Lipinski definition) is 4. The van der Waals surface area contributed by atoms with Gasteiger partial charge in [-0.05, 0) is 54.0 Å². The Morgan fingerprint density at radius 2 is 1.93 bits per heavy atom. The first-order valence-electron chi connectivity index (χ1n) is 10.7. The molecular weight excluding hydrogens is 399 g/mol. The number of piperidine rings is 1. The van der Waals surface area contributed by atoms with E-state index in [1.54, 1.807) is 12.1 Å². The molecule has 0 aliphatic carbocycles. The van der Waals surface area contributed by atoms with E-state index in [1.807, 2.05) is 42.1 Å². The highest BCUT2D eigenvalue weighted by Gasteiger charge is 2.46. The van der Waals surface area contributed by atoms with Crippen molar-refractivity contribution in [3.63, 3.8) is 0 Å². The lowest BCUT2D eigenvalue weighted by molar-refractivity contribution is -0.126. The smallest absolute Gasteiger partial charge is 0.225 e. The lowest BCUT2D eigenvalue weighted by atomic mass is 9.77. The second kappa shape index (κ2) is 9.50. The SMILES string of the molecule is O=C(Cc1cccc(F)c1)N[C@]1(c2ccccc2)CCN(C2CCSCC2)C[C@H]1O. The summed E-state index contributed by atoms with van der Waals surface area (Å²) in [6.45, 7) is 1.38. The molecule has 4 nitrogen and oxygen atoms in total. The molecule has 0 aromatic heterocycles. The standard InChI is InChI=1S/C24H29FN2O2S/c25-20-8-4-5-18(15-20)16-23(29)26-24(19-6-2-1-3-7-19)11-12-27(17-22(24)28)21-9-13-30-14-10-21/h1-8,15,21-22,28H,9-14,16-17H2,(H,26,29)/t22-,24+/m1/s1. The molecule has 30 heavy (non-hydrogen) atoms. The highest BCUT2D eigenvalue weighted by molar-refractivity contribution is 7.99. The summed E-state index contributed by atoms with van der Waals surface area (Å²) >= 11 is 2.00. The second-order valence-corrected chi connectivity index (χ2v) is 9.52. The van der Waals surface area contributed by atoms with Crippen molar-refractivity contribution in [1.82, 2.24) is 10.2 Å². The molecule has 2 heterocycles. The van der Waals surface area contributed by atoms with Crippen molar-refractivity contribution >= 4 is 17.7 Å². The van der Waals surface area contributed by atoms with Gasteiger partial charge in [-0.2, -0.15) is 11.8 Å². The summed E-state index contributed by atoms with van der Waals surface area (Å²) in [4.78, 5) is 15.3. The van der Waals surface area contributed by atoms with E-state index in [1.165, 1.54) is 23.6 Å². The number of benzene rings is 2. The summed E-state index contributed by atoms with van der Waals surface area (Å²) in [6, 6.07) is 16.4. The minimum absolute atomic E-state index is 0.0859. The first-order valence-corrected chi connectivity index (χ1v) is 11.8. The number of carbonyl (C=O) groups is 1. The third-order valence-corrected chi connectivity index (χ3v) is 7.43. The van der Waals surface area contributed by atoms with Crippen LogP contribution >= 0.6 is 11.8 Å². The first kappa shape index (κ1) is 21.3. The van der Waals surface area contributed by atoms with Crippen LogP contribution in [-0.4, -0.2) is 52.7 Å². The fourth-order valence-electron chi connectivity index (χ4n) is 4.75. The van der Waals surface area contributed by atoms with Gasteiger partial charge in [0.2, 0.25) is 5.91 Å². The Labute approximate surface area is 181 Å². The van der Waals surface area contributed by atoms with Gasteiger partial charge in [0.05, 0.1) is 18.1 Å². The van der Waals surface area contributed by atoms with Crippen LogP contribution in [0.4, 0.5) is 4.39 Å². The van der Waals surface area contributed by atoms with Gasteiger partial charge in [0, 0.05) is 19.1 Å². The van der Waals surface area contributed by atoms with Crippen LogP contribution in [0.3, 0.4) is 0 Å². The highest BCUT2D eigenvalue weighted by Crippen LogP contribution is 2.36. The number of amides is 1. The van der Waals surface area contributed by atoms with Crippen molar-refractivity contribution in [2.75, 3.05) is 24.6 Å². The Hall–Kier alpha value is -1.89. The third kappa shape index (κ3) is 4.71. The van der Waals surface area contributed by atoms with Crippen LogP contribution in [0.15, 0.2) is 54.6 Å². The van der Waals surface area contributed by atoms with Crippen LogP contribution < -0.4 is 5.32 Å². The van der Waals surface area contributed by atoms with Crippen molar-refractivity contribution < 1.29 is 14.3 Å². The maximum atomic E-state index is 13.5. The number of likely N-dealkylation sites (tertiary alicyclic amines) is 1. The van der Waals surface area contributed by atoms with Crippen molar-refractivity contribution in [3.05, 3.63) is 71.5 Å². The van der Waals surface area contributed by atoms with Crippen molar-refractivity contribution in [3.8, 4) is 0 Å². The van der Waals surface area contributed by atoms with E-state index in [0.29, 0.717) is 24.6 Å². The van der Waals surface area contributed by atoms with Crippen LogP contribution in [-0.2, 0) is 16.8 Å². The fraction of sp³-hybridized carbons (Fsp3) is 0.458. The maximum absolute atomic E-state index is 13.5. The van der Waals surface area contributed by atoms with Crippen LogP contribution in [0.1, 0.15) is 30.4 Å². The van der Waals surface area contributed by atoms with Crippen LogP contribution in [0.25, 0.3) is 0 Å². The average molecular weight is 429 g/mol. The lowest BCUT2D eigenvalue weighted by Crippen LogP contribution is -2.63. The number of rotatable bonds is 5. The molecule has 2 aliphatic rings. The molecule has 2 atom stereocenters. The van der Waals surface area contributed by atoms with Gasteiger partial charge < -0.3 is 10.4 Å². The Bertz CT molecular complexity index is 859. The molecule has 2 aliphatic heterocycles. The van der Waals surface area contributed by atoms with E-state index in [0.717, 1.165) is 24.9 Å². The predicted molar refractivity (Wildman–Crippen MR) is 119 cm³/mol. The molecule has 1 amide bonds. The minimum atomic E-state index is -0.828. The number of nitrogens with zero attached hydrogens (tertiary/aromatic N) is 1. The van der Waals surface area contributed by atoms with Crippen molar-refractivity contribution in [2.24, 2.45) is 0 Å². The predicted octanol–water partition coefficient (Wildman–Crippen LogP) is 3.34. The van der Waals surface area contributed by atoms with Gasteiger partial charge in [0.15, 0.2) is 0 Å². The monoisotopic (exact) mass is 428 g/mol. The highest BCUT2D eigenvalue weighted by atomic mass is 32.2. The molecule has 2 fully saturated rings. The van der Waals surface area contributed by atoms with Crippen LogP contribution in [0, 0.1) is 5.82 Å². The minimum Gasteiger partial charge on any atom is -0.389 e. The Morgan fingerprint density at radius 1 is 1.17 bits per heavy atom. The van der Waals surface area contributed by atoms with Gasteiger partial charge in [-0.25, -0.2) is 4.39 Å². The van der Waals surface area contributed by atoms with Gasteiger partial charge in [0.1, 0.15) is 5.82 Å². The summed E-state index contributed by atoms with van der Waals surface area (Å²) in [7, 11) is 0. The van der Waals surface area contributed by atoms with Gasteiger partial charge in [0.25, 0.3) is 0 Å². The number of hydrogen-bond donors (Lipinski definition) is 2. The normalized spacial score (nSPS) is 25.7. The molecule has 4 rings (SSSR count). The molecule has 0 spiro atoms. The van der Waals surface area contributed by atoms with E-state index in [4.69, 9.17) is 0 Å². The average Bonchev–Trinajstić information content (AvgIpc) is 2.76. The number of halogens is 1. The molecule has 0 bridgehead atoms. The molecule has 2 aromatic rings. The molecule has 2 saturated heterocycles. The summed E-state index contributed by atoms with van der Waals surface area (Å²) in [6.07, 6.45) is 2.34. The van der Waals surface area contributed by atoms with Gasteiger partial charge in [-0.3, -0.25) is 9.69 Å². The number of β-amino-alcohol motifs (C(OH)–C–C–N with tert-alkyl or cyclic N) is 1. The molecule has 0 radical (unpaired) electrons. The summed E-state index contributed by atoms with van der Waals surface area (Å²) in [5.41, 5.74) is 0.720. The topological polar surface area (TPSA) is 52.6 Å². The zero-order valence-electron chi connectivity index (χ0n) is 17.1. The van der Waals surface area contributed by atoms with Crippen molar-refractivity contribution in [1.29, 1.82) is 0 Å². The molecule has 2 N–H and O–H groups in total. The quantitative estimate of drug-likeness (QED) is 0.767. The number of nitrogens with one attached hydrogen (secondary N) is 1. The van der Waals surface area contributed by atoms with E-state index >= 15 is 0 Å². The second-order valence-electron chi connectivity index (χ2n) is 8.30. The van der Waals surface area contributed by atoms with E-state index in [2.05, 4.69) is 10.2 Å². The van der Waals surface area contributed by atoms with E-state index < -0.39 is 11.6 Å². The first-order chi connectivity index (χ1) is 14.6. The number of aliphatic hydroxyl groups is 1. The molecule has 160 valence electrons. The third-order valence-electron chi connectivity index (χ3n) is 6.38. The van der Waals surface area contributed by atoms with E-state index in [9.17, 15) is 14.3 Å². The van der Waals surface area contributed by atoms with Crippen molar-refractivity contribution in [2.45, 2.75) is 43.4 Å². The maximum Gasteiger partial charge on any atom is 0.225 e. The van der Waals surface area contributed by atoms with Crippen LogP contribution in [0.2, 0.25) is 0 Å². The van der Waals surface area contributed by atoms with Gasteiger partial charge >= 0.3 is 0 Å². The van der Waals surface area contributed by atoms with Gasteiger partial charge in [-0.15, -0.1) is 0 Å². The number of thioether (sulfide) groups is 1. The van der Waals surface area contributed by atoms with Gasteiger partial charge in [-0.1, -0.05) is 42.5 Å². The molecule has 6 heteroatoms.